The lowest BCUT2D eigenvalue weighted by Gasteiger charge is -2.26. The van der Waals surface area contributed by atoms with Crippen LogP contribution in [-0.4, -0.2) is 32.4 Å². The zero-order valence-corrected chi connectivity index (χ0v) is 13.7. The lowest BCUT2D eigenvalue weighted by molar-refractivity contribution is -0.135. The second-order valence-corrected chi connectivity index (χ2v) is 5.41. The van der Waals surface area contributed by atoms with E-state index in [1.807, 2.05) is 12.1 Å². The van der Waals surface area contributed by atoms with Crippen molar-refractivity contribution in [1.29, 1.82) is 0 Å². The Morgan fingerprint density at radius 1 is 1.04 bits per heavy atom. The molecule has 0 aliphatic carbocycles. The quantitative estimate of drug-likeness (QED) is 0.686. The number of methoxy groups -OCH3 is 3. The molecule has 126 valence electrons. The van der Waals surface area contributed by atoms with E-state index >= 15 is 0 Å². The largest absolute Gasteiger partial charge is 0.508 e. The monoisotopic (exact) mass is 330 g/mol. The lowest BCUT2D eigenvalue weighted by atomic mass is 9.86. The van der Waals surface area contributed by atoms with Crippen LogP contribution >= 0.6 is 0 Å². The van der Waals surface area contributed by atoms with E-state index in [0.29, 0.717) is 23.0 Å². The molecule has 0 saturated carbocycles. The fraction of sp³-hybridized carbons (Fsp3) is 0.278. The first-order valence-electron chi connectivity index (χ1n) is 7.40. The number of hydrogen-bond donors (Lipinski definition) is 1. The van der Waals surface area contributed by atoms with Gasteiger partial charge in [-0.15, -0.1) is 0 Å². The molecule has 2 aromatic rings. The number of phenols is 1. The molecule has 3 rings (SSSR count). The van der Waals surface area contributed by atoms with Crippen LogP contribution in [0.25, 0.3) is 0 Å². The van der Waals surface area contributed by atoms with Gasteiger partial charge < -0.3 is 24.1 Å². The molecule has 1 aliphatic rings. The third-order valence-corrected chi connectivity index (χ3v) is 4.06. The van der Waals surface area contributed by atoms with Crippen molar-refractivity contribution in [2.75, 3.05) is 21.3 Å². The third-order valence-electron chi connectivity index (χ3n) is 4.06. The van der Waals surface area contributed by atoms with E-state index in [1.54, 1.807) is 26.4 Å². The van der Waals surface area contributed by atoms with E-state index < -0.39 is 0 Å². The molecule has 0 spiro atoms. The van der Waals surface area contributed by atoms with Crippen molar-refractivity contribution >= 4 is 5.97 Å². The van der Waals surface area contributed by atoms with Gasteiger partial charge in [0.05, 0.1) is 27.8 Å². The minimum absolute atomic E-state index is 0.0482. The number of fused-ring (bicyclic) bond motifs is 1. The van der Waals surface area contributed by atoms with Gasteiger partial charge in [-0.05, 0) is 23.8 Å². The Hall–Kier alpha value is -2.89. The van der Waals surface area contributed by atoms with Crippen molar-refractivity contribution in [2.24, 2.45) is 0 Å². The van der Waals surface area contributed by atoms with Gasteiger partial charge in [-0.3, -0.25) is 4.79 Å². The molecule has 1 heterocycles. The third kappa shape index (κ3) is 2.71. The summed E-state index contributed by atoms with van der Waals surface area (Å²) in [5, 5.41) is 9.62. The molecule has 2 aromatic carbocycles. The lowest BCUT2D eigenvalue weighted by Crippen LogP contribution is -2.21. The summed E-state index contributed by atoms with van der Waals surface area (Å²) in [6, 6.07) is 8.41. The molecule has 6 nitrogen and oxygen atoms in total. The topological polar surface area (TPSA) is 74.2 Å². The Labute approximate surface area is 139 Å². The van der Waals surface area contributed by atoms with Crippen LogP contribution in [0.4, 0.5) is 0 Å². The molecule has 6 heteroatoms. The highest BCUT2D eigenvalue weighted by Gasteiger charge is 2.30. The smallest absolute Gasteiger partial charge is 0.312 e. The number of hydrogen-bond acceptors (Lipinski definition) is 6. The van der Waals surface area contributed by atoms with Gasteiger partial charge in [-0.1, -0.05) is 6.07 Å². The molecule has 1 atom stereocenters. The number of aromatic hydroxyl groups is 1. The second kappa shape index (κ2) is 6.31. The fourth-order valence-electron chi connectivity index (χ4n) is 2.94. The predicted molar refractivity (Wildman–Crippen MR) is 86.3 cm³/mol. The summed E-state index contributed by atoms with van der Waals surface area (Å²) >= 11 is 0. The first-order chi connectivity index (χ1) is 11.6. The second-order valence-electron chi connectivity index (χ2n) is 5.41. The van der Waals surface area contributed by atoms with Crippen molar-refractivity contribution in [1.82, 2.24) is 0 Å². The first-order valence-corrected chi connectivity index (χ1v) is 7.40. The van der Waals surface area contributed by atoms with Crippen LogP contribution in [-0.2, 0) is 4.79 Å². The zero-order valence-electron chi connectivity index (χ0n) is 13.7. The Bertz CT molecular complexity index is 758. The molecule has 0 fully saturated rings. The normalized spacial score (nSPS) is 16.1. The van der Waals surface area contributed by atoms with Gasteiger partial charge in [0.15, 0.2) is 11.5 Å². The van der Waals surface area contributed by atoms with Crippen LogP contribution in [0.3, 0.4) is 0 Å². The van der Waals surface area contributed by atoms with Crippen LogP contribution in [0.2, 0.25) is 0 Å². The van der Waals surface area contributed by atoms with Gasteiger partial charge in [0.2, 0.25) is 5.75 Å². The van der Waals surface area contributed by atoms with Crippen molar-refractivity contribution < 1.29 is 28.8 Å². The maximum absolute atomic E-state index is 12.0. The molecule has 1 N–H and O–H groups in total. The zero-order chi connectivity index (χ0) is 17.3. The van der Waals surface area contributed by atoms with E-state index in [9.17, 15) is 9.90 Å². The van der Waals surface area contributed by atoms with E-state index in [0.717, 1.165) is 11.1 Å². The molecule has 24 heavy (non-hydrogen) atoms. The van der Waals surface area contributed by atoms with Crippen molar-refractivity contribution in [3.8, 4) is 28.7 Å². The average Bonchev–Trinajstić information content (AvgIpc) is 2.59. The van der Waals surface area contributed by atoms with Crippen molar-refractivity contribution in [3.63, 3.8) is 0 Å². The average molecular weight is 330 g/mol. The summed E-state index contributed by atoms with van der Waals surface area (Å²) in [5.74, 6) is 1.37. The van der Waals surface area contributed by atoms with E-state index in [-0.39, 0.29) is 24.1 Å². The Morgan fingerprint density at radius 2 is 1.71 bits per heavy atom. The summed E-state index contributed by atoms with van der Waals surface area (Å²) < 4.78 is 21.3. The highest BCUT2D eigenvalue weighted by atomic mass is 16.5. The Kier molecular flexibility index (Phi) is 4.20. The molecule has 0 saturated heterocycles. The van der Waals surface area contributed by atoms with E-state index in [4.69, 9.17) is 18.9 Å². The van der Waals surface area contributed by atoms with E-state index in [1.165, 1.54) is 13.2 Å². The molecule has 0 amide bonds. The summed E-state index contributed by atoms with van der Waals surface area (Å²) in [7, 11) is 4.63. The highest BCUT2D eigenvalue weighted by Crippen LogP contribution is 2.45. The van der Waals surface area contributed by atoms with Crippen molar-refractivity contribution in [3.05, 3.63) is 41.5 Å². The van der Waals surface area contributed by atoms with Crippen LogP contribution in [0.1, 0.15) is 23.5 Å². The number of esters is 1. The van der Waals surface area contributed by atoms with Gasteiger partial charge in [-0.25, -0.2) is 0 Å². The maximum Gasteiger partial charge on any atom is 0.312 e. The number of carbonyl (C=O) groups excluding carboxylic acids is 1. The molecule has 1 aliphatic heterocycles. The van der Waals surface area contributed by atoms with E-state index in [2.05, 4.69) is 0 Å². The van der Waals surface area contributed by atoms with Crippen LogP contribution in [0.5, 0.6) is 28.7 Å². The standard InChI is InChI=1S/C18H18O6/c1-21-15-6-10(7-16(22-2)18(15)23-3)13-9-17(20)24-14-8-11(19)4-5-12(13)14/h4-8,13,19H,9H2,1-3H3/t13-/m0/s1. The summed E-state index contributed by atoms with van der Waals surface area (Å²) in [6.07, 6.45) is 0.191. The van der Waals surface area contributed by atoms with Gasteiger partial charge >= 0.3 is 5.97 Å². The molecular formula is C18H18O6. The Balaban J connectivity index is 2.14. The summed E-state index contributed by atoms with van der Waals surface area (Å²) in [6.45, 7) is 0. The maximum atomic E-state index is 12.0. The van der Waals surface area contributed by atoms with Gasteiger partial charge in [0.1, 0.15) is 11.5 Å². The van der Waals surface area contributed by atoms with Crippen molar-refractivity contribution in [2.45, 2.75) is 12.3 Å². The minimum Gasteiger partial charge on any atom is -0.508 e. The SMILES string of the molecule is COc1cc([C@@H]2CC(=O)Oc3cc(O)ccc32)cc(OC)c1OC. The highest BCUT2D eigenvalue weighted by molar-refractivity contribution is 5.78. The number of carbonyl (C=O) groups is 1. The molecular weight excluding hydrogens is 312 g/mol. The summed E-state index contributed by atoms with van der Waals surface area (Å²) in [5.41, 5.74) is 1.66. The molecule has 0 aromatic heterocycles. The van der Waals surface area contributed by atoms with Crippen LogP contribution < -0.4 is 18.9 Å². The Morgan fingerprint density at radius 3 is 2.29 bits per heavy atom. The van der Waals surface area contributed by atoms with Gasteiger partial charge in [0, 0.05) is 17.5 Å². The summed E-state index contributed by atoms with van der Waals surface area (Å²) in [4.78, 5) is 12.0. The number of ether oxygens (including phenoxy) is 4. The number of rotatable bonds is 4. The first kappa shape index (κ1) is 16.0. The molecule has 0 radical (unpaired) electrons. The fourth-order valence-corrected chi connectivity index (χ4v) is 2.94. The molecule has 0 unspecified atom stereocenters. The van der Waals surface area contributed by atoms with Gasteiger partial charge in [-0.2, -0.15) is 0 Å². The van der Waals surface area contributed by atoms with Gasteiger partial charge in [0.25, 0.3) is 0 Å². The minimum atomic E-state index is -0.355. The van der Waals surface area contributed by atoms with Crippen LogP contribution in [0, 0.1) is 0 Å². The molecule has 0 bridgehead atoms. The number of benzene rings is 2. The number of phenolic OH excluding ortho intramolecular Hbond substituents is 1. The van der Waals surface area contributed by atoms with Crippen LogP contribution in [0.15, 0.2) is 30.3 Å². The predicted octanol–water partition coefficient (Wildman–Crippen LogP) is 2.86.